The summed E-state index contributed by atoms with van der Waals surface area (Å²) >= 11 is 0. The molecule has 0 fully saturated rings. The molecule has 0 aliphatic rings. The summed E-state index contributed by atoms with van der Waals surface area (Å²) < 4.78 is 37.3. The molecule has 120 valence electrons. The van der Waals surface area contributed by atoms with E-state index in [4.69, 9.17) is 5.11 Å². The maximum absolute atomic E-state index is 12.4. The SMILES string of the molecule is CCNC(C)(CCCN(CC(F)(F)F)C(C)C)C(=O)O. The number of halogens is 3. The lowest BCUT2D eigenvalue weighted by molar-refractivity contribution is -0.151. The molecule has 0 aliphatic heterocycles. The minimum atomic E-state index is -4.23. The van der Waals surface area contributed by atoms with Crippen molar-refractivity contribution in [3.63, 3.8) is 0 Å². The molecule has 1 atom stereocenters. The second-order valence-electron chi connectivity index (χ2n) is 5.45. The molecule has 0 aromatic carbocycles. The Balaban J connectivity index is 4.45. The van der Waals surface area contributed by atoms with Crippen molar-refractivity contribution in [2.24, 2.45) is 0 Å². The average molecular weight is 298 g/mol. The van der Waals surface area contributed by atoms with Crippen LogP contribution >= 0.6 is 0 Å². The molecule has 4 nitrogen and oxygen atoms in total. The summed E-state index contributed by atoms with van der Waals surface area (Å²) in [5.41, 5.74) is -1.09. The Morgan fingerprint density at radius 1 is 1.35 bits per heavy atom. The van der Waals surface area contributed by atoms with E-state index in [0.717, 1.165) is 0 Å². The smallest absolute Gasteiger partial charge is 0.401 e. The molecule has 0 heterocycles. The molecule has 2 N–H and O–H groups in total. The van der Waals surface area contributed by atoms with E-state index in [1.54, 1.807) is 27.7 Å². The first kappa shape index (κ1) is 19.2. The van der Waals surface area contributed by atoms with E-state index in [-0.39, 0.29) is 19.0 Å². The number of aliphatic carboxylic acids is 1. The number of hydrogen-bond donors (Lipinski definition) is 2. The first-order chi connectivity index (χ1) is 9.02. The lowest BCUT2D eigenvalue weighted by Gasteiger charge is -2.30. The molecule has 0 amide bonds. The first-order valence-corrected chi connectivity index (χ1v) is 6.81. The van der Waals surface area contributed by atoms with Crippen molar-refractivity contribution in [2.45, 2.75) is 58.3 Å². The lowest BCUT2D eigenvalue weighted by atomic mass is 9.95. The normalized spacial score (nSPS) is 15.7. The zero-order chi connectivity index (χ0) is 16.0. The highest BCUT2D eigenvalue weighted by atomic mass is 19.4. The second-order valence-corrected chi connectivity index (χ2v) is 5.45. The van der Waals surface area contributed by atoms with E-state index < -0.39 is 24.2 Å². The number of rotatable bonds is 9. The number of likely N-dealkylation sites (N-methyl/N-ethyl adjacent to an activating group) is 1. The monoisotopic (exact) mass is 298 g/mol. The molecule has 0 aromatic heterocycles. The van der Waals surface area contributed by atoms with Crippen LogP contribution < -0.4 is 5.32 Å². The Hall–Kier alpha value is -0.820. The molecular formula is C13H25F3N2O2. The number of nitrogens with zero attached hydrogens (tertiary/aromatic N) is 1. The fourth-order valence-electron chi connectivity index (χ4n) is 2.05. The van der Waals surface area contributed by atoms with Gasteiger partial charge in [0.05, 0.1) is 6.54 Å². The summed E-state index contributed by atoms with van der Waals surface area (Å²) in [6.45, 7) is 6.52. The summed E-state index contributed by atoms with van der Waals surface area (Å²) in [7, 11) is 0. The topological polar surface area (TPSA) is 52.6 Å². The van der Waals surface area contributed by atoms with Gasteiger partial charge in [-0.15, -0.1) is 0 Å². The summed E-state index contributed by atoms with van der Waals surface area (Å²) in [6.07, 6.45) is -3.55. The number of carboxylic acids is 1. The summed E-state index contributed by atoms with van der Waals surface area (Å²) in [6, 6.07) is -0.230. The van der Waals surface area contributed by atoms with Crippen LogP contribution in [0.25, 0.3) is 0 Å². The molecular weight excluding hydrogens is 273 g/mol. The van der Waals surface area contributed by atoms with E-state index in [0.29, 0.717) is 13.0 Å². The van der Waals surface area contributed by atoms with Gasteiger partial charge in [0, 0.05) is 6.04 Å². The number of carboxylic acid groups (broad SMARTS) is 1. The Labute approximate surface area is 118 Å². The predicted molar refractivity (Wildman–Crippen MR) is 71.7 cm³/mol. The van der Waals surface area contributed by atoms with E-state index in [9.17, 15) is 18.0 Å². The molecule has 1 unspecified atom stereocenters. The van der Waals surface area contributed by atoms with Crippen molar-refractivity contribution in [1.29, 1.82) is 0 Å². The van der Waals surface area contributed by atoms with Crippen LogP contribution in [-0.2, 0) is 4.79 Å². The standard InChI is InChI=1S/C13H25F3N2O2/c1-5-17-12(4,11(19)20)7-6-8-18(10(2)3)9-13(14,15)16/h10,17H,5-9H2,1-4H3,(H,19,20). The molecule has 0 bridgehead atoms. The van der Waals surface area contributed by atoms with Gasteiger partial charge in [-0.3, -0.25) is 9.69 Å². The van der Waals surface area contributed by atoms with Crippen LogP contribution in [-0.4, -0.2) is 53.4 Å². The van der Waals surface area contributed by atoms with Crippen molar-refractivity contribution >= 4 is 5.97 Å². The van der Waals surface area contributed by atoms with Crippen LogP contribution in [0.1, 0.15) is 40.5 Å². The van der Waals surface area contributed by atoms with Crippen molar-refractivity contribution in [3.05, 3.63) is 0 Å². The fourth-order valence-corrected chi connectivity index (χ4v) is 2.05. The maximum Gasteiger partial charge on any atom is 0.401 e. The third kappa shape index (κ3) is 7.09. The van der Waals surface area contributed by atoms with Gasteiger partial charge >= 0.3 is 12.1 Å². The number of nitrogens with one attached hydrogen (secondary N) is 1. The van der Waals surface area contributed by atoms with E-state index in [2.05, 4.69) is 5.32 Å². The molecule has 0 aromatic rings. The zero-order valence-corrected chi connectivity index (χ0v) is 12.5. The van der Waals surface area contributed by atoms with Gasteiger partial charge in [0.15, 0.2) is 0 Å². The van der Waals surface area contributed by atoms with Gasteiger partial charge in [0.2, 0.25) is 0 Å². The third-order valence-corrected chi connectivity index (χ3v) is 3.27. The number of hydrogen-bond acceptors (Lipinski definition) is 3. The minimum absolute atomic E-state index is 0.228. The molecule has 7 heteroatoms. The quantitative estimate of drug-likeness (QED) is 0.687. The van der Waals surface area contributed by atoms with Crippen LogP contribution in [0.15, 0.2) is 0 Å². The van der Waals surface area contributed by atoms with Crippen LogP contribution in [0.3, 0.4) is 0 Å². The maximum atomic E-state index is 12.4. The molecule has 0 aliphatic carbocycles. The summed E-state index contributed by atoms with van der Waals surface area (Å²) in [5.74, 6) is -0.980. The number of carbonyl (C=O) groups is 1. The minimum Gasteiger partial charge on any atom is -0.480 e. The molecule has 0 spiro atoms. The summed E-state index contributed by atoms with van der Waals surface area (Å²) in [5, 5.41) is 12.0. The van der Waals surface area contributed by atoms with Crippen molar-refractivity contribution in [2.75, 3.05) is 19.6 Å². The molecule has 0 rings (SSSR count). The van der Waals surface area contributed by atoms with E-state index in [1.165, 1.54) is 4.90 Å². The average Bonchev–Trinajstić information content (AvgIpc) is 2.26. The van der Waals surface area contributed by atoms with Gasteiger partial charge in [-0.25, -0.2) is 0 Å². The second kappa shape index (κ2) is 7.83. The Bertz CT molecular complexity index is 308. The summed E-state index contributed by atoms with van der Waals surface area (Å²) in [4.78, 5) is 12.5. The van der Waals surface area contributed by atoms with Crippen molar-refractivity contribution in [3.8, 4) is 0 Å². The molecule has 0 saturated heterocycles. The van der Waals surface area contributed by atoms with Crippen molar-refractivity contribution in [1.82, 2.24) is 10.2 Å². The van der Waals surface area contributed by atoms with E-state index in [1.807, 2.05) is 0 Å². The van der Waals surface area contributed by atoms with Crippen LogP contribution in [0.2, 0.25) is 0 Å². The Kier molecular flexibility index (Phi) is 7.51. The molecule has 0 radical (unpaired) electrons. The predicted octanol–water partition coefficient (Wildman–Crippen LogP) is 2.49. The first-order valence-electron chi connectivity index (χ1n) is 6.81. The van der Waals surface area contributed by atoms with Crippen LogP contribution in [0.4, 0.5) is 13.2 Å². The number of alkyl halides is 3. The fraction of sp³-hybridized carbons (Fsp3) is 0.923. The molecule has 20 heavy (non-hydrogen) atoms. The van der Waals surface area contributed by atoms with Gasteiger partial charge in [0.25, 0.3) is 0 Å². The van der Waals surface area contributed by atoms with Gasteiger partial charge in [-0.1, -0.05) is 6.92 Å². The molecule has 0 saturated carbocycles. The van der Waals surface area contributed by atoms with E-state index >= 15 is 0 Å². The van der Waals surface area contributed by atoms with Crippen LogP contribution in [0.5, 0.6) is 0 Å². The highest BCUT2D eigenvalue weighted by molar-refractivity contribution is 5.78. The van der Waals surface area contributed by atoms with Gasteiger partial charge in [-0.05, 0) is 46.7 Å². The highest BCUT2D eigenvalue weighted by Gasteiger charge is 2.34. The highest BCUT2D eigenvalue weighted by Crippen LogP contribution is 2.20. The Morgan fingerprint density at radius 2 is 1.90 bits per heavy atom. The van der Waals surface area contributed by atoms with Gasteiger partial charge < -0.3 is 10.4 Å². The Morgan fingerprint density at radius 3 is 2.25 bits per heavy atom. The zero-order valence-electron chi connectivity index (χ0n) is 12.5. The largest absolute Gasteiger partial charge is 0.480 e. The van der Waals surface area contributed by atoms with Crippen LogP contribution in [0, 0.1) is 0 Å². The lowest BCUT2D eigenvalue weighted by Crippen LogP contribution is -2.50. The van der Waals surface area contributed by atoms with Gasteiger partial charge in [0.1, 0.15) is 5.54 Å². The van der Waals surface area contributed by atoms with Gasteiger partial charge in [-0.2, -0.15) is 13.2 Å². The third-order valence-electron chi connectivity index (χ3n) is 3.27. The van der Waals surface area contributed by atoms with Crippen molar-refractivity contribution < 1.29 is 23.1 Å².